The van der Waals surface area contributed by atoms with Crippen LogP contribution in [0.3, 0.4) is 0 Å². The second kappa shape index (κ2) is 4.28. The highest BCUT2D eigenvalue weighted by molar-refractivity contribution is 9.10. The van der Waals surface area contributed by atoms with Crippen LogP contribution in [0.1, 0.15) is 25.1 Å². The molecule has 4 nitrogen and oxygen atoms in total. The van der Waals surface area contributed by atoms with E-state index in [2.05, 4.69) is 38.1 Å². The summed E-state index contributed by atoms with van der Waals surface area (Å²) in [6.07, 6.45) is 6.73. The summed E-state index contributed by atoms with van der Waals surface area (Å²) in [6.45, 7) is 2.14. The van der Waals surface area contributed by atoms with Crippen LogP contribution < -0.4 is 5.32 Å². The molecule has 0 aliphatic heterocycles. The van der Waals surface area contributed by atoms with E-state index in [1.54, 1.807) is 6.20 Å². The van der Waals surface area contributed by atoms with Crippen LogP contribution >= 0.6 is 15.9 Å². The van der Waals surface area contributed by atoms with Gasteiger partial charge in [-0.15, -0.1) is 0 Å². The summed E-state index contributed by atoms with van der Waals surface area (Å²) in [6, 6.07) is 0.309. The number of hydrogen-bond donors (Lipinski definition) is 1. The van der Waals surface area contributed by atoms with E-state index in [1.807, 2.05) is 23.8 Å². The monoisotopic (exact) mass is 268 g/mol. The quantitative estimate of drug-likeness (QED) is 0.928. The number of aromatic nitrogens is 3. The normalized spacial score (nSPS) is 13.3. The van der Waals surface area contributed by atoms with Crippen LogP contribution in [0.25, 0.3) is 5.65 Å². The van der Waals surface area contributed by atoms with Gasteiger partial charge in [-0.1, -0.05) is 6.92 Å². The van der Waals surface area contributed by atoms with Gasteiger partial charge in [-0.3, -0.25) is 0 Å². The minimum atomic E-state index is 0.309. The van der Waals surface area contributed by atoms with E-state index in [0.717, 1.165) is 22.4 Å². The van der Waals surface area contributed by atoms with Crippen molar-refractivity contribution in [3.63, 3.8) is 0 Å². The zero-order chi connectivity index (χ0) is 10.8. The molecule has 0 spiro atoms. The van der Waals surface area contributed by atoms with Crippen molar-refractivity contribution >= 4 is 21.6 Å². The van der Waals surface area contributed by atoms with Gasteiger partial charge >= 0.3 is 0 Å². The van der Waals surface area contributed by atoms with Gasteiger partial charge in [0.1, 0.15) is 4.60 Å². The van der Waals surface area contributed by atoms with Crippen molar-refractivity contribution in [3.8, 4) is 0 Å². The molecule has 0 saturated heterocycles. The Kier molecular flexibility index (Phi) is 3.02. The number of nitrogens with one attached hydrogen (secondary N) is 1. The predicted octanol–water partition coefficient (Wildman–Crippen LogP) is 2.16. The molecular formula is C10H13BrN4. The Balaban J connectivity index is 2.46. The van der Waals surface area contributed by atoms with Crippen LogP contribution in [0.2, 0.25) is 0 Å². The van der Waals surface area contributed by atoms with Gasteiger partial charge in [-0.25, -0.2) is 9.97 Å². The van der Waals surface area contributed by atoms with Crippen molar-refractivity contribution in [2.24, 2.45) is 0 Å². The fraction of sp³-hybridized carbons (Fsp3) is 0.400. The first-order chi connectivity index (χ1) is 7.24. The molecule has 2 aromatic rings. The van der Waals surface area contributed by atoms with E-state index in [1.165, 1.54) is 0 Å². The molecule has 2 aromatic heterocycles. The Morgan fingerprint density at radius 2 is 2.33 bits per heavy atom. The molecule has 80 valence electrons. The number of fused-ring (bicyclic) bond motifs is 1. The number of rotatable bonds is 3. The third kappa shape index (κ3) is 2.03. The van der Waals surface area contributed by atoms with Crippen LogP contribution in [0.15, 0.2) is 23.2 Å². The summed E-state index contributed by atoms with van der Waals surface area (Å²) in [5.74, 6) is 0. The highest BCUT2D eigenvalue weighted by Crippen LogP contribution is 2.16. The van der Waals surface area contributed by atoms with Gasteiger partial charge in [0.15, 0.2) is 5.65 Å². The van der Waals surface area contributed by atoms with Gasteiger partial charge in [0.05, 0.1) is 17.9 Å². The molecule has 0 fully saturated rings. The molecule has 15 heavy (non-hydrogen) atoms. The standard InChI is InChI=1S/C10H13BrN4/c1-3-7(12-2)8-5-15-6-9(11)13-4-10(15)14-8/h4-7,12H,3H2,1-2H3. The molecule has 5 heteroatoms. The molecular weight excluding hydrogens is 256 g/mol. The predicted molar refractivity (Wildman–Crippen MR) is 62.8 cm³/mol. The van der Waals surface area contributed by atoms with E-state index in [0.29, 0.717) is 6.04 Å². The maximum atomic E-state index is 4.51. The van der Waals surface area contributed by atoms with Crippen molar-refractivity contribution in [2.45, 2.75) is 19.4 Å². The van der Waals surface area contributed by atoms with E-state index < -0.39 is 0 Å². The molecule has 0 bridgehead atoms. The topological polar surface area (TPSA) is 42.2 Å². The molecule has 0 aliphatic carbocycles. The van der Waals surface area contributed by atoms with Crippen LogP contribution in [-0.2, 0) is 0 Å². The minimum absolute atomic E-state index is 0.309. The number of hydrogen-bond acceptors (Lipinski definition) is 3. The van der Waals surface area contributed by atoms with E-state index in [9.17, 15) is 0 Å². The molecule has 1 unspecified atom stereocenters. The Labute approximate surface area is 96.9 Å². The van der Waals surface area contributed by atoms with E-state index >= 15 is 0 Å². The van der Waals surface area contributed by atoms with Crippen molar-refractivity contribution < 1.29 is 0 Å². The smallest absolute Gasteiger partial charge is 0.155 e. The maximum absolute atomic E-state index is 4.51. The van der Waals surface area contributed by atoms with Gasteiger partial charge in [-0.05, 0) is 29.4 Å². The average Bonchev–Trinajstić information content (AvgIpc) is 2.62. The lowest BCUT2D eigenvalue weighted by Crippen LogP contribution is -2.15. The molecule has 1 N–H and O–H groups in total. The van der Waals surface area contributed by atoms with Crippen molar-refractivity contribution in [2.75, 3.05) is 7.05 Å². The van der Waals surface area contributed by atoms with Crippen molar-refractivity contribution in [1.29, 1.82) is 0 Å². The van der Waals surface area contributed by atoms with E-state index in [-0.39, 0.29) is 0 Å². The molecule has 0 aliphatic rings. The second-order valence-electron chi connectivity index (χ2n) is 3.39. The summed E-state index contributed by atoms with van der Waals surface area (Å²) in [4.78, 5) is 8.66. The van der Waals surface area contributed by atoms with Crippen LogP contribution in [0, 0.1) is 0 Å². The highest BCUT2D eigenvalue weighted by atomic mass is 79.9. The average molecular weight is 269 g/mol. The fourth-order valence-electron chi connectivity index (χ4n) is 1.62. The summed E-state index contributed by atoms with van der Waals surface area (Å²) in [7, 11) is 1.95. The number of nitrogens with zero attached hydrogens (tertiary/aromatic N) is 3. The second-order valence-corrected chi connectivity index (χ2v) is 4.20. The molecule has 2 heterocycles. The molecule has 0 radical (unpaired) electrons. The largest absolute Gasteiger partial charge is 0.312 e. The molecule has 0 saturated carbocycles. The third-order valence-electron chi connectivity index (χ3n) is 2.44. The summed E-state index contributed by atoms with van der Waals surface area (Å²) >= 11 is 3.34. The lowest BCUT2D eigenvalue weighted by Gasteiger charge is -2.09. The van der Waals surface area contributed by atoms with Crippen molar-refractivity contribution in [3.05, 3.63) is 28.9 Å². The zero-order valence-electron chi connectivity index (χ0n) is 8.74. The maximum Gasteiger partial charge on any atom is 0.155 e. The van der Waals surface area contributed by atoms with Crippen LogP contribution in [-0.4, -0.2) is 21.4 Å². The van der Waals surface area contributed by atoms with E-state index in [4.69, 9.17) is 0 Å². The Morgan fingerprint density at radius 3 is 3.00 bits per heavy atom. The Bertz CT molecular complexity index is 461. The summed E-state index contributed by atoms with van der Waals surface area (Å²) < 4.78 is 2.79. The molecule has 0 aromatic carbocycles. The first-order valence-electron chi connectivity index (χ1n) is 4.92. The number of halogens is 1. The number of imidazole rings is 1. The van der Waals surface area contributed by atoms with Gasteiger partial charge in [0.25, 0.3) is 0 Å². The summed E-state index contributed by atoms with van der Waals surface area (Å²) in [5.41, 5.74) is 1.93. The first-order valence-corrected chi connectivity index (χ1v) is 5.71. The minimum Gasteiger partial charge on any atom is -0.312 e. The van der Waals surface area contributed by atoms with Gasteiger partial charge in [0, 0.05) is 12.4 Å². The first kappa shape index (κ1) is 10.6. The van der Waals surface area contributed by atoms with Gasteiger partial charge < -0.3 is 9.72 Å². The zero-order valence-corrected chi connectivity index (χ0v) is 10.3. The molecule has 1 atom stereocenters. The summed E-state index contributed by atoms with van der Waals surface area (Å²) in [5, 5.41) is 3.24. The third-order valence-corrected chi connectivity index (χ3v) is 2.85. The molecule has 0 amide bonds. The van der Waals surface area contributed by atoms with Crippen LogP contribution in [0.5, 0.6) is 0 Å². The SMILES string of the molecule is CCC(NC)c1cn2cc(Br)ncc2n1. The van der Waals surface area contributed by atoms with Gasteiger partial charge in [0.2, 0.25) is 0 Å². The fourth-order valence-corrected chi connectivity index (χ4v) is 1.95. The van der Waals surface area contributed by atoms with Gasteiger partial charge in [-0.2, -0.15) is 0 Å². The lowest BCUT2D eigenvalue weighted by atomic mass is 10.2. The lowest BCUT2D eigenvalue weighted by molar-refractivity contribution is 0.564. The Hall–Kier alpha value is -0.940. The Morgan fingerprint density at radius 1 is 1.53 bits per heavy atom. The van der Waals surface area contributed by atoms with Crippen molar-refractivity contribution in [1.82, 2.24) is 19.7 Å². The molecule has 2 rings (SSSR count). The highest BCUT2D eigenvalue weighted by Gasteiger charge is 2.10. The van der Waals surface area contributed by atoms with Crippen LogP contribution in [0.4, 0.5) is 0 Å².